The number of hydrogen-bond donors (Lipinski definition) is 0. The highest BCUT2D eigenvalue weighted by Crippen LogP contribution is 2.35. The zero-order valence-corrected chi connectivity index (χ0v) is 19.8. The molecule has 4 heterocycles. The number of amides is 1. The fourth-order valence-electron chi connectivity index (χ4n) is 5.57. The molecule has 1 unspecified atom stereocenters. The summed E-state index contributed by atoms with van der Waals surface area (Å²) in [5.41, 5.74) is 2.99. The van der Waals surface area contributed by atoms with E-state index in [4.69, 9.17) is 14.5 Å². The highest BCUT2D eigenvalue weighted by Gasteiger charge is 2.32. The molecule has 1 aliphatic heterocycles. The number of anilines is 1. The van der Waals surface area contributed by atoms with Gasteiger partial charge in [-0.3, -0.25) is 4.79 Å². The van der Waals surface area contributed by atoms with Crippen molar-refractivity contribution in [2.45, 2.75) is 57.9 Å². The lowest BCUT2D eigenvalue weighted by Gasteiger charge is -2.40. The van der Waals surface area contributed by atoms with Crippen molar-refractivity contribution in [3.8, 4) is 0 Å². The highest BCUT2D eigenvalue weighted by atomic mass is 16.3. The smallest absolute Gasteiger partial charge is 0.289 e. The minimum Gasteiger partial charge on any atom is -0.459 e. The molecule has 34 heavy (non-hydrogen) atoms. The van der Waals surface area contributed by atoms with E-state index >= 15 is 0 Å². The number of hydrogen-bond acceptors (Lipinski definition) is 6. The van der Waals surface area contributed by atoms with Crippen molar-refractivity contribution in [2.75, 3.05) is 24.5 Å². The van der Waals surface area contributed by atoms with Gasteiger partial charge < -0.3 is 14.2 Å². The molecule has 1 atom stereocenters. The van der Waals surface area contributed by atoms with Crippen LogP contribution in [0.15, 0.2) is 41.0 Å². The summed E-state index contributed by atoms with van der Waals surface area (Å²) >= 11 is 0. The molecule has 8 nitrogen and oxygen atoms in total. The van der Waals surface area contributed by atoms with Gasteiger partial charge in [0, 0.05) is 37.0 Å². The summed E-state index contributed by atoms with van der Waals surface area (Å²) in [6.07, 6.45) is 7.61. The Labute approximate surface area is 198 Å². The van der Waals surface area contributed by atoms with Gasteiger partial charge in [0.15, 0.2) is 11.4 Å². The van der Waals surface area contributed by atoms with E-state index in [-0.39, 0.29) is 11.9 Å². The minimum atomic E-state index is -0.0589. The second-order valence-corrected chi connectivity index (χ2v) is 9.76. The molecule has 4 aromatic rings. The first-order valence-corrected chi connectivity index (χ1v) is 12.3. The maximum atomic E-state index is 12.9. The number of rotatable bonds is 3. The number of carbonyl (C=O) groups excluding carboxylic acids is 1. The fraction of sp³-hybridized carbons (Fsp3) is 0.462. The highest BCUT2D eigenvalue weighted by molar-refractivity contribution is 5.93. The van der Waals surface area contributed by atoms with Crippen LogP contribution in [0.2, 0.25) is 0 Å². The second kappa shape index (κ2) is 8.42. The first kappa shape index (κ1) is 21.1. The van der Waals surface area contributed by atoms with E-state index in [1.165, 1.54) is 24.8 Å². The Morgan fingerprint density at radius 2 is 1.94 bits per heavy atom. The zero-order valence-electron chi connectivity index (χ0n) is 19.8. The molecule has 1 saturated carbocycles. The number of piperazine rings is 1. The predicted octanol–water partition coefficient (Wildman–Crippen LogP) is 4.58. The van der Waals surface area contributed by atoms with Crippen LogP contribution in [0.4, 0.5) is 5.95 Å². The van der Waals surface area contributed by atoms with Crippen LogP contribution in [-0.2, 0) is 0 Å². The van der Waals surface area contributed by atoms with E-state index in [1.54, 1.807) is 18.4 Å². The van der Waals surface area contributed by atoms with Gasteiger partial charge in [0.1, 0.15) is 5.82 Å². The maximum Gasteiger partial charge on any atom is 0.289 e. The Morgan fingerprint density at radius 3 is 2.71 bits per heavy atom. The molecule has 2 fully saturated rings. The quantitative estimate of drug-likeness (QED) is 0.447. The molecular formula is C26H30N6O2. The van der Waals surface area contributed by atoms with Crippen LogP contribution in [-0.4, -0.2) is 56.1 Å². The van der Waals surface area contributed by atoms with Crippen molar-refractivity contribution in [1.29, 1.82) is 0 Å². The standard InChI is InChI=1S/C26H30N6O2/c1-17-10-11-21-20(15-17)24-29-28-23(19-7-4-3-5-8-19)32(24)26(27-21)30-12-13-31(18(2)16-30)25(33)22-9-6-14-34-22/h6,9-11,14-15,18-19H,3-5,7-8,12-13,16H2,1-2H3. The molecule has 0 bridgehead atoms. The Kier molecular flexibility index (Phi) is 5.23. The predicted molar refractivity (Wildman–Crippen MR) is 130 cm³/mol. The lowest BCUT2D eigenvalue weighted by molar-refractivity contribution is 0.0640. The van der Waals surface area contributed by atoms with Crippen molar-refractivity contribution < 1.29 is 9.21 Å². The van der Waals surface area contributed by atoms with Crippen LogP contribution in [0.5, 0.6) is 0 Å². The Bertz CT molecular complexity index is 1340. The maximum absolute atomic E-state index is 12.9. The number of carbonyl (C=O) groups is 1. The summed E-state index contributed by atoms with van der Waals surface area (Å²) in [7, 11) is 0. The number of furan rings is 1. The largest absolute Gasteiger partial charge is 0.459 e. The van der Waals surface area contributed by atoms with Gasteiger partial charge in [-0.2, -0.15) is 0 Å². The van der Waals surface area contributed by atoms with Crippen LogP contribution in [0.25, 0.3) is 16.6 Å². The third kappa shape index (κ3) is 3.52. The lowest BCUT2D eigenvalue weighted by atomic mass is 9.89. The number of aromatic nitrogens is 4. The lowest BCUT2D eigenvalue weighted by Crippen LogP contribution is -2.54. The molecule has 3 aromatic heterocycles. The molecule has 0 spiro atoms. The molecule has 8 heteroatoms. The summed E-state index contributed by atoms with van der Waals surface area (Å²) in [6.45, 7) is 6.17. The first-order chi connectivity index (χ1) is 16.6. The summed E-state index contributed by atoms with van der Waals surface area (Å²) in [6, 6.07) is 9.82. The summed E-state index contributed by atoms with van der Waals surface area (Å²) < 4.78 is 7.56. The fourth-order valence-corrected chi connectivity index (χ4v) is 5.57. The van der Waals surface area contributed by atoms with Gasteiger partial charge >= 0.3 is 0 Å². The van der Waals surface area contributed by atoms with Gasteiger partial charge in [-0.05, 0) is 51.0 Å². The molecule has 176 valence electrons. The number of fused-ring (bicyclic) bond motifs is 3. The van der Waals surface area contributed by atoms with Crippen LogP contribution in [0.1, 0.15) is 66.9 Å². The average Bonchev–Trinajstić information content (AvgIpc) is 3.55. The zero-order chi connectivity index (χ0) is 23.2. The number of aryl methyl sites for hydroxylation is 1. The van der Waals surface area contributed by atoms with Gasteiger partial charge in [0.25, 0.3) is 5.91 Å². The van der Waals surface area contributed by atoms with Crippen LogP contribution < -0.4 is 4.90 Å². The molecule has 0 radical (unpaired) electrons. The van der Waals surface area contributed by atoms with E-state index in [2.05, 4.69) is 46.4 Å². The van der Waals surface area contributed by atoms with Crippen molar-refractivity contribution in [3.05, 3.63) is 53.7 Å². The molecule has 1 aliphatic carbocycles. The van der Waals surface area contributed by atoms with Gasteiger partial charge in [-0.15, -0.1) is 10.2 Å². The number of nitrogens with zero attached hydrogens (tertiary/aromatic N) is 6. The second-order valence-electron chi connectivity index (χ2n) is 9.76. The molecule has 2 aliphatic rings. The molecule has 0 N–H and O–H groups in total. The molecule has 1 amide bonds. The molecule has 1 aromatic carbocycles. The third-order valence-corrected chi connectivity index (χ3v) is 7.37. The average molecular weight is 459 g/mol. The van der Waals surface area contributed by atoms with E-state index in [0.717, 1.165) is 41.2 Å². The minimum absolute atomic E-state index is 0.0199. The van der Waals surface area contributed by atoms with Crippen molar-refractivity contribution in [3.63, 3.8) is 0 Å². The van der Waals surface area contributed by atoms with E-state index in [9.17, 15) is 4.79 Å². The Hall–Kier alpha value is -3.42. The van der Waals surface area contributed by atoms with E-state index < -0.39 is 0 Å². The van der Waals surface area contributed by atoms with Gasteiger partial charge in [-0.1, -0.05) is 30.9 Å². The van der Waals surface area contributed by atoms with E-state index in [1.807, 2.05) is 4.90 Å². The van der Waals surface area contributed by atoms with E-state index in [0.29, 0.717) is 31.3 Å². The normalized spacial score (nSPS) is 19.9. The SMILES string of the molecule is Cc1ccc2nc(N3CCN(C(=O)c4ccco4)C(C)C3)n3c(C4CCCCC4)nnc3c2c1. The third-order valence-electron chi connectivity index (χ3n) is 7.37. The van der Waals surface area contributed by atoms with Gasteiger partial charge in [0.2, 0.25) is 5.95 Å². The van der Waals surface area contributed by atoms with Crippen LogP contribution in [0.3, 0.4) is 0 Å². The summed E-state index contributed by atoms with van der Waals surface area (Å²) in [5.74, 6) is 2.65. The molecular weight excluding hydrogens is 428 g/mol. The monoisotopic (exact) mass is 458 g/mol. The summed E-state index contributed by atoms with van der Waals surface area (Å²) in [4.78, 5) is 22.2. The number of benzene rings is 1. The van der Waals surface area contributed by atoms with Gasteiger partial charge in [0.05, 0.1) is 11.8 Å². The summed E-state index contributed by atoms with van der Waals surface area (Å²) in [5, 5.41) is 10.4. The van der Waals surface area contributed by atoms with Crippen molar-refractivity contribution in [1.82, 2.24) is 24.5 Å². The molecule has 1 saturated heterocycles. The topological polar surface area (TPSA) is 79.8 Å². The van der Waals surface area contributed by atoms with Crippen LogP contribution in [0, 0.1) is 6.92 Å². The van der Waals surface area contributed by atoms with Gasteiger partial charge in [-0.25, -0.2) is 9.38 Å². The van der Waals surface area contributed by atoms with Crippen molar-refractivity contribution in [2.24, 2.45) is 0 Å². The molecule has 6 rings (SSSR count). The first-order valence-electron chi connectivity index (χ1n) is 12.3. The van der Waals surface area contributed by atoms with Crippen LogP contribution >= 0.6 is 0 Å². The Balaban J connectivity index is 1.41. The van der Waals surface area contributed by atoms with Crippen molar-refractivity contribution >= 4 is 28.4 Å². The Morgan fingerprint density at radius 1 is 1.09 bits per heavy atom.